The molecule has 0 aliphatic heterocycles. The number of aliphatic hydroxyl groups is 1. The van der Waals surface area contributed by atoms with Crippen molar-refractivity contribution in [2.75, 3.05) is 20.6 Å². The van der Waals surface area contributed by atoms with Gasteiger partial charge in [0, 0.05) is 0 Å². The van der Waals surface area contributed by atoms with Gasteiger partial charge in [-0.3, -0.25) is 0 Å². The van der Waals surface area contributed by atoms with Gasteiger partial charge in [0.15, 0.2) is 0 Å². The number of hydrogen-bond acceptors (Lipinski definition) is 2. The van der Waals surface area contributed by atoms with Crippen LogP contribution in [-0.2, 0) is 0 Å². The maximum Gasteiger partial charge on any atom is 0.0980 e. The van der Waals surface area contributed by atoms with Crippen LogP contribution in [-0.4, -0.2) is 35.4 Å². The Kier molecular flexibility index (Phi) is 3.72. The molecule has 9 heavy (non-hydrogen) atoms. The average Bonchev–Trinajstić information content (AvgIpc) is 1.63. The molecule has 2 N–H and O–H groups in total. The number of nitrogens with zero attached hydrogens (tertiary/aromatic N) is 1. The van der Waals surface area contributed by atoms with Crippen molar-refractivity contribution in [2.45, 2.75) is 6.42 Å². The molecular formula is C5H13NO3. The van der Waals surface area contributed by atoms with Crippen molar-refractivity contribution >= 4 is 0 Å². The largest absolute Gasteiger partial charge is 0.588 e. The summed E-state index contributed by atoms with van der Waals surface area (Å²) in [6, 6.07) is 0. The van der Waals surface area contributed by atoms with Crippen LogP contribution < -0.4 is 5.26 Å². The van der Waals surface area contributed by atoms with Crippen LogP contribution in [0, 0.1) is 6.61 Å². The minimum absolute atomic E-state index is 0.119. The number of hydrogen-bond donors (Lipinski definition) is 1. The minimum atomic E-state index is -0.119. The minimum Gasteiger partial charge on any atom is -0.588 e. The Labute approximate surface area is 54.8 Å². The van der Waals surface area contributed by atoms with E-state index in [-0.39, 0.29) is 4.65 Å². The van der Waals surface area contributed by atoms with Gasteiger partial charge in [-0.15, -0.1) is 0 Å². The van der Waals surface area contributed by atoms with Crippen molar-refractivity contribution in [3.8, 4) is 0 Å². The van der Waals surface area contributed by atoms with Crippen molar-refractivity contribution in [1.82, 2.24) is 0 Å². The predicted molar refractivity (Wildman–Crippen MR) is 30.3 cm³/mol. The fourth-order valence-corrected chi connectivity index (χ4v) is 0.426. The van der Waals surface area contributed by atoms with Gasteiger partial charge in [0.1, 0.15) is 0 Å². The van der Waals surface area contributed by atoms with Crippen LogP contribution in [0.15, 0.2) is 0 Å². The molecule has 0 heterocycles. The molecule has 0 aliphatic carbocycles. The maximum absolute atomic E-state index is 9.50. The molecule has 0 aromatic carbocycles. The van der Waals surface area contributed by atoms with Crippen molar-refractivity contribution in [1.29, 1.82) is 0 Å². The lowest BCUT2D eigenvalue weighted by Crippen LogP contribution is -2.36. The average molecular weight is 135 g/mol. The second-order valence-corrected chi connectivity index (χ2v) is 2.42. The maximum atomic E-state index is 9.50. The number of rotatable bonds is 4. The van der Waals surface area contributed by atoms with E-state index in [9.17, 15) is 5.26 Å². The van der Waals surface area contributed by atoms with E-state index in [1.807, 2.05) is 0 Å². The van der Waals surface area contributed by atoms with Gasteiger partial charge in [-0.25, -0.2) is 5.21 Å². The second kappa shape index (κ2) is 3.79. The van der Waals surface area contributed by atoms with Crippen molar-refractivity contribution < 1.29 is 20.0 Å². The van der Waals surface area contributed by atoms with Crippen molar-refractivity contribution in [3.63, 3.8) is 0 Å². The molecule has 0 saturated carbocycles. The highest BCUT2D eigenvalue weighted by Gasteiger charge is 2.05. The van der Waals surface area contributed by atoms with Crippen LogP contribution in [0.3, 0.4) is 0 Å². The number of quaternary nitrogens is 1. The molecule has 0 aromatic rings. The van der Waals surface area contributed by atoms with Crippen molar-refractivity contribution in [3.05, 3.63) is 6.61 Å². The lowest BCUT2D eigenvalue weighted by atomic mass is 10.4. The highest BCUT2D eigenvalue weighted by molar-refractivity contribution is 4.42. The fraction of sp³-hybridized carbons (Fsp3) is 0.800. The highest BCUT2D eigenvalue weighted by atomic mass is 17.1. The van der Waals surface area contributed by atoms with Crippen LogP contribution in [0.4, 0.5) is 0 Å². The molecule has 4 nitrogen and oxygen atoms in total. The topological polar surface area (TPSA) is 56.1 Å². The van der Waals surface area contributed by atoms with Crippen LogP contribution in [0.25, 0.3) is 0 Å². The Balaban J connectivity index is 3.07. The molecule has 0 spiro atoms. The Bertz CT molecular complexity index is 69.1. The van der Waals surface area contributed by atoms with Gasteiger partial charge in [-0.1, -0.05) is 6.42 Å². The normalized spacial score (nSPS) is 12.0. The first-order chi connectivity index (χ1) is 4.06. The summed E-state index contributed by atoms with van der Waals surface area (Å²) in [5.41, 5.74) is 0. The third kappa shape index (κ3) is 7.84. The monoisotopic (exact) mass is 135 g/mol. The zero-order valence-corrected chi connectivity index (χ0v) is 5.74. The molecular weight excluding hydrogens is 122 g/mol. The van der Waals surface area contributed by atoms with Crippen LogP contribution >= 0.6 is 0 Å². The zero-order valence-electron chi connectivity index (χ0n) is 5.74. The molecule has 0 unspecified atom stereocenters. The third-order valence-corrected chi connectivity index (χ3v) is 0.880. The van der Waals surface area contributed by atoms with Crippen LogP contribution in [0.2, 0.25) is 0 Å². The lowest BCUT2D eigenvalue weighted by molar-refractivity contribution is -1.07. The molecule has 0 rings (SSSR count). The summed E-state index contributed by atoms with van der Waals surface area (Å²) in [7, 11) is 3.28. The van der Waals surface area contributed by atoms with Crippen LogP contribution in [0.1, 0.15) is 6.42 Å². The van der Waals surface area contributed by atoms with E-state index in [2.05, 4.69) is 4.89 Å². The van der Waals surface area contributed by atoms with E-state index >= 15 is 0 Å². The summed E-state index contributed by atoms with van der Waals surface area (Å²) in [6.45, 7) is 1.77. The van der Waals surface area contributed by atoms with Gasteiger partial charge in [0.2, 0.25) is 0 Å². The molecule has 0 fully saturated rings. The highest BCUT2D eigenvalue weighted by Crippen LogP contribution is 1.93. The molecule has 0 atom stereocenters. The van der Waals surface area contributed by atoms with E-state index in [0.29, 0.717) is 13.0 Å². The second-order valence-electron chi connectivity index (χ2n) is 2.42. The number of hydroxylamine groups is 3. The molecule has 4 heteroatoms. The summed E-state index contributed by atoms with van der Waals surface area (Å²) in [4.78, 5) is 2.54. The van der Waals surface area contributed by atoms with Gasteiger partial charge in [-0.2, -0.15) is 4.65 Å². The first kappa shape index (κ1) is 8.84. The van der Waals surface area contributed by atoms with Gasteiger partial charge < -0.3 is 10.1 Å². The molecule has 0 aliphatic rings. The molecule has 0 amide bonds. The standard InChI is InChI=1S/C5H13NO3/c1-6(2,7)4-3-5-9-8/h5,7,9H,3-4H2,1-2H3. The molecule has 56 valence electrons. The van der Waals surface area contributed by atoms with E-state index in [4.69, 9.17) is 5.21 Å². The molecule has 0 radical (unpaired) electrons. The first-order valence-electron chi connectivity index (χ1n) is 2.76. The summed E-state index contributed by atoms with van der Waals surface area (Å²) >= 11 is 0. The smallest absolute Gasteiger partial charge is 0.0980 e. The first-order valence-corrected chi connectivity index (χ1v) is 2.76. The Morgan fingerprint density at radius 2 is 2.22 bits per heavy atom. The van der Waals surface area contributed by atoms with Gasteiger partial charge >= 0.3 is 0 Å². The van der Waals surface area contributed by atoms with Crippen LogP contribution in [0.5, 0.6) is 0 Å². The van der Waals surface area contributed by atoms with E-state index in [1.54, 1.807) is 14.1 Å². The van der Waals surface area contributed by atoms with E-state index < -0.39 is 0 Å². The summed E-state index contributed by atoms with van der Waals surface area (Å²) in [5, 5.41) is 18.5. The Morgan fingerprint density at radius 3 is 2.56 bits per heavy atom. The fourth-order valence-electron chi connectivity index (χ4n) is 0.426. The third-order valence-electron chi connectivity index (χ3n) is 0.880. The van der Waals surface area contributed by atoms with Gasteiger partial charge in [-0.05, 0) is 6.61 Å². The molecule has 0 bridgehead atoms. The van der Waals surface area contributed by atoms with E-state index in [0.717, 1.165) is 0 Å². The summed E-state index contributed by atoms with van der Waals surface area (Å²) < 4.78 is -0.119. The van der Waals surface area contributed by atoms with Crippen molar-refractivity contribution in [2.24, 2.45) is 0 Å². The quantitative estimate of drug-likeness (QED) is 0.139. The zero-order chi connectivity index (χ0) is 7.33. The lowest BCUT2D eigenvalue weighted by Gasteiger charge is -2.21. The van der Waals surface area contributed by atoms with Gasteiger partial charge in [0.25, 0.3) is 0 Å². The summed E-state index contributed by atoms with van der Waals surface area (Å²) in [6.07, 6.45) is 0.521. The predicted octanol–water partition coefficient (Wildman–Crippen LogP) is -0.627. The molecule has 0 aromatic heterocycles. The SMILES string of the molecule is C[N+](C)(O)CC[CH-][OH+][O-]. The molecule has 0 saturated heterocycles. The summed E-state index contributed by atoms with van der Waals surface area (Å²) in [5.74, 6) is 0. The Hall–Kier alpha value is -0.160. The van der Waals surface area contributed by atoms with E-state index in [1.165, 1.54) is 6.61 Å². The Morgan fingerprint density at radius 1 is 1.67 bits per heavy atom. The van der Waals surface area contributed by atoms with Gasteiger partial charge in [0.05, 0.1) is 20.6 Å².